The van der Waals surface area contributed by atoms with Crippen molar-refractivity contribution in [2.75, 3.05) is 7.05 Å². The smallest absolute Gasteiger partial charge is 0.269 e. The maximum Gasteiger partial charge on any atom is 0.269 e. The number of carbonyl (C=O) groups excluding carboxylic acids is 2. The summed E-state index contributed by atoms with van der Waals surface area (Å²) in [6.45, 7) is 4.89. The van der Waals surface area contributed by atoms with Gasteiger partial charge in [-0.2, -0.15) is 0 Å². The number of rotatable bonds is 4. The Morgan fingerprint density at radius 1 is 1.18 bits per heavy atom. The average molecular weight is 466 g/mol. The third-order valence-electron chi connectivity index (χ3n) is 9.80. The Bertz CT molecular complexity index is 1070. The molecule has 5 rings (SSSR count). The molecule has 6 atom stereocenters. The number of nitrogens with one attached hydrogen (secondary N) is 1. The number of fused-ring (bicyclic) bond motifs is 5. The van der Waals surface area contributed by atoms with Gasteiger partial charge in [0.15, 0.2) is 0 Å². The normalized spacial score (nSPS) is 36.7. The Balaban J connectivity index is 1.40. The minimum absolute atomic E-state index is 0.0146. The summed E-state index contributed by atoms with van der Waals surface area (Å²) in [5, 5.41) is 13.9. The van der Waals surface area contributed by atoms with Crippen LogP contribution in [0.2, 0.25) is 0 Å². The first-order chi connectivity index (χ1) is 16.1. The van der Waals surface area contributed by atoms with Gasteiger partial charge in [0, 0.05) is 37.2 Å². The fourth-order valence-electron chi connectivity index (χ4n) is 8.10. The molecule has 0 aromatic heterocycles. The molecule has 1 aliphatic heterocycles. The second kappa shape index (κ2) is 8.21. The van der Waals surface area contributed by atoms with Crippen molar-refractivity contribution in [2.24, 2.45) is 28.6 Å². The number of non-ortho nitro benzene ring substituents is 1. The zero-order valence-corrected chi connectivity index (χ0v) is 20.4. The summed E-state index contributed by atoms with van der Waals surface area (Å²) in [7, 11) is 1.84. The summed E-state index contributed by atoms with van der Waals surface area (Å²) in [6, 6.07) is 6.34. The van der Waals surface area contributed by atoms with E-state index in [-0.39, 0.29) is 35.2 Å². The highest BCUT2D eigenvalue weighted by Gasteiger charge is 2.59. The van der Waals surface area contributed by atoms with E-state index in [1.807, 2.05) is 13.1 Å². The highest BCUT2D eigenvalue weighted by molar-refractivity contribution is 6.19. The maximum atomic E-state index is 13.2. The van der Waals surface area contributed by atoms with E-state index >= 15 is 0 Å². The molecule has 2 amide bonds. The lowest BCUT2D eigenvalue weighted by atomic mass is 9.48. The van der Waals surface area contributed by atoms with Gasteiger partial charge < -0.3 is 10.2 Å². The largest absolute Gasteiger partial charge is 0.348 e. The number of carbonyl (C=O) groups is 2. The van der Waals surface area contributed by atoms with E-state index in [2.05, 4.69) is 19.2 Å². The van der Waals surface area contributed by atoms with Gasteiger partial charge in [-0.3, -0.25) is 19.7 Å². The minimum atomic E-state index is -0.451. The summed E-state index contributed by atoms with van der Waals surface area (Å²) in [4.78, 5) is 38.8. The van der Waals surface area contributed by atoms with Crippen LogP contribution < -0.4 is 5.32 Å². The molecule has 7 heteroatoms. The summed E-state index contributed by atoms with van der Waals surface area (Å²) >= 11 is 0. The van der Waals surface area contributed by atoms with Crippen molar-refractivity contribution in [3.05, 3.63) is 51.6 Å². The van der Waals surface area contributed by atoms with E-state index in [1.54, 1.807) is 17.0 Å². The lowest BCUT2D eigenvalue weighted by Crippen LogP contribution is -2.61. The predicted molar refractivity (Wildman–Crippen MR) is 129 cm³/mol. The molecule has 34 heavy (non-hydrogen) atoms. The zero-order valence-electron chi connectivity index (χ0n) is 20.4. The van der Waals surface area contributed by atoms with Gasteiger partial charge >= 0.3 is 0 Å². The number of hydrogen-bond donors (Lipinski definition) is 1. The first kappa shape index (κ1) is 23.1. The van der Waals surface area contributed by atoms with Crippen LogP contribution in [0.4, 0.5) is 5.69 Å². The monoisotopic (exact) mass is 465 g/mol. The van der Waals surface area contributed by atoms with Crippen molar-refractivity contribution in [1.82, 2.24) is 10.2 Å². The molecule has 3 fully saturated rings. The van der Waals surface area contributed by atoms with Gasteiger partial charge in [0.2, 0.25) is 0 Å². The molecule has 3 saturated carbocycles. The topological polar surface area (TPSA) is 92.6 Å². The predicted octanol–water partition coefficient (Wildman–Crippen LogP) is 4.61. The van der Waals surface area contributed by atoms with Crippen LogP contribution in [0.15, 0.2) is 35.9 Å². The third kappa shape index (κ3) is 3.55. The molecule has 7 nitrogen and oxygen atoms in total. The second-order valence-corrected chi connectivity index (χ2v) is 11.5. The van der Waals surface area contributed by atoms with Crippen LogP contribution in [0.1, 0.15) is 64.4 Å². The van der Waals surface area contributed by atoms with E-state index in [4.69, 9.17) is 0 Å². The van der Waals surface area contributed by atoms with Crippen molar-refractivity contribution in [2.45, 2.75) is 71.4 Å². The van der Waals surface area contributed by atoms with Crippen molar-refractivity contribution in [1.29, 1.82) is 0 Å². The van der Waals surface area contributed by atoms with Crippen molar-refractivity contribution >= 4 is 17.5 Å². The van der Waals surface area contributed by atoms with Gasteiger partial charge in [0.05, 0.1) is 4.92 Å². The SMILES string of the molecule is CN1C(=O)C(C(=O)NCc2cccc([N+](=O)[O-])c2)=C[C@@]2(C)C1CC[C@@H]1[C@H]2CC[C@]2(C)CCC[C@@H]12. The van der Waals surface area contributed by atoms with Crippen LogP contribution >= 0.6 is 0 Å². The molecule has 4 aliphatic rings. The number of hydrogen-bond acceptors (Lipinski definition) is 4. The van der Waals surface area contributed by atoms with Crippen molar-refractivity contribution in [3.8, 4) is 0 Å². The Morgan fingerprint density at radius 3 is 2.74 bits per heavy atom. The fourth-order valence-corrected chi connectivity index (χ4v) is 8.10. The molecule has 1 N–H and O–H groups in total. The fraction of sp³-hybridized carbons (Fsp3) is 0.630. The van der Waals surface area contributed by atoms with Crippen molar-refractivity contribution in [3.63, 3.8) is 0 Å². The van der Waals surface area contributed by atoms with Crippen LogP contribution in [0.25, 0.3) is 0 Å². The number of nitrogens with zero attached hydrogens (tertiary/aromatic N) is 2. The molecular weight excluding hydrogens is 430 g/mol. The van der Waals surface area contributed by atoms with Gasteiger partial charge in [0.1, 0.15) is 5.57 Å². The summed E-state index contributed by atoms with van der Waals surface area (Å²) in [5.41, 5.74) is 1.08. The maximum absolute atomic E-state index is 13.2. The molecule has 0 bridgehead atoms. The molecule has 0 saturated heterocycles. The number of nitro groups is 1. The molecule has 1 heterocycles. The average Bonchev–Trinajstić information content (AvgIpc) is 3.22. The lowest BCUT2D eigenvalue weighted by Gasteiger charge is -2.60. The Kier molecular flexibility index (Phi) is 5.57. The lowest BCUT2D eigenvalue weighted by molar-refractivity contribution is -0.384. The highest BCUT2D eigenvalue weighted by Crippen LogP contribution is 2.64. The van der Waals surface area contributed by atoms with E-state index in [9.17, 15) is 19.7 Å². The summed E-state index contributed by atoms with van der Waals surface area (Å²) < 4.78 is 0. The molecule has 0 radical (unpaired) electrons. The molecule has 3 aliphatic carbocycles. The Hall–Kier alpha value is -2.70. The molecule has 0 spiro atoms. The van der Waals surface area contributed by atoms with Crippen LogP contribution in [-0.2, 0) is 16.1 Å². The van der Waals surface area contributed by atoms with E-state index < -0.39 is 10.8 Å². The van der Waals surface area contributed by atoms with Crippen LogP contribution in [0.3, 0.4) is 0 Å². The zero-order chi connectivity index (χ0) is 24.3. The van der Waals surface area contributed by atoms with E-state index in [0.717, 1.165) is 18.8 Å². The number of likely N-dealkylation sites (N-methyl/N-ethyl adjacent to an activating group) is 1. The van der Waals surface area contributed by atoms with Gasteiger partial charge in [-0.1, -0.05) is 38.5 Å². The van der Waals surface area contributed by atoms with E-state index in [0.29, 0.717) is 22.8 Å². The standard InChI is InChI=1S/C27H35N3O4/c1-26-12-5-8-21(26)19-9-10-23-27(2,22(19)11-13-26)15-20(25(32)29(23)3)24(31)28-16-17-6-4-7-18(14-17)30(33)34/h4,6-7,14-15,19,21-23H,5,8-13,16H2,1-3H3,(H,28,31)/t19-,21-,22+,23?,26-,27+/m0/s1. The Morgan fingerprint density at radius 2 is 1.97 bits per heavy atom. The first-order valence-corrected chi connectivity index (χ1v) is 12.7. The van der Waals surface area contributed by atoms with Crippen LogP contribution in [-0.4, -0.2) is 34.7 Å². The Labute approximate surface area is 201 Å². The minimum Gasteiger partial charge on any atom is -0.348 e. The van der Waals surface area contributed by atoms with Crippen LogP contribution in [0, 0.1) is 38.7 Å². The van der Waals surface area contributed by atoms with Gasteiger partial charge in [-0.15, -0.1) is 0 Å². The highest BCUT2D eigenvalue weighted by atomic mass is 16.6. The first-order valence-electron chi connectivity index (χ1n) is 12.7. The van der Waals surface area contributed by atoms with Gasteiger partial charge in [-0.05, 0) is 67.3 Å². The van der Waals surface area contributed by atoms with Crippen LogP contribution in [0.5, 0.6) is 0 Å². The second-order valence-electron chi connectivity index (χ2n) is 11.5. The molecule has 1 aromatic rings. The summed E-state index contributed by atoms with van der Waals surface area (Å²) in [6.07, 6.45) is 10.5. The third-order valence-corrected chi connectivity index (χ3v) is 9.80. The number of amides is 2. The quantitative estimate of drug-likeness (QED) is 0.399. The van der Waals surface area contributed by atoms with Crippen molar-refractivity contribution < 1.29 is 14.5 Å². The van der Waals surface area contributed by atoms with Gasteiger partial charge in [-0.25, -0.2) is 0 Å². The van der Waals surface area contributed by atoms with E-state index in [1.165, 1.54) is 44.2 Å². The molecule has 1 unspecified atom stereocenters. The number of benzene rings is 1. The number of nitro benzene ring substituents is 1. The molecule has 182 valence electrons. The molecular formula is C27H35N3O4. The van der Waals surface area contributed by atoms with Gasteiger partial charge in [0.25, 0.3) is 17.5 Å². The summed E-state index contributed by atoms with van der Waals surface area (Å²) in [5.74, 6) is 1.28. The molecule has 1 aromatic carbocycles.